The van der Waals surface area contributed by atoms with E-state index < -0.39 is 11.9 Å². The number of hydrogen-bond acceptors (Lipinski definition) is 3. The molecule has 0 saturated carbocycles. The number of benzene rings is 1. The van der Waals surface area contributed by atoms with Gasteiger partial charge in [0.25, 0.3) is 0 Å². The van der Waals surface area contributed by atoms with Gasteiger partial charge in [0.2, 0.25) is 0 Å². The molecule has 0 radical (unpaired) electrons. The average Bonchev–Trinajstić information content (AvgIpc) is 2.37. The summed E-state index contributed by atoms with van der Waals surface area (Å²) in [5, 5.41) is 16.8. The number of para-hydroxylation sites is 1. The van der Waals surface area contributed by atoms with Gasteiger partial charge in [-0.05, 0) is 12.1 Å². The molecule has 5 nitrogen and oxygen atoms in total. The van der Waals surface area contributed by atoms with Crippen molar-refractivity contribution in [3.63, 3.8) is 0 Å². The quantitative estimate of drug-likeness (QED) is 0.789. The van der Waals surface area contributed by atoms with Gasteiger partial charge in [-0.15, -0.1) is 0 Å². The summed E-state index contributed by atoms with van der Waals surface area (Å²) < 4.78 is 0. The second-order valence-electron chi connectivity index (χ2n) is 3.21. The van der Waals surface area contributed by atoms with Crippen molar-refractivity contribution in [3.05, 3.63) is 54.7 Å². The molecule has 0 unspecified atom stereocenters. The van der Waals surface area contributed by atoms with E-state index >= 15 is 0 Å². The SMILES string of the molecule is O=C(O)C=CC(=O)O.c1ccc2ncccc2c1. The van der Waals surface area contributed by atoms with Gasteiger partial charge >= 0.3 is 11.9 Å². The Kier molecular flexibility index (Phi) is 5.05. The van der Waals surface area contributed by atoms with E-state index in [0.717, 1.165) is 5.52 Å². The molecule has 0 amide bonds. The lowest BCUT2D eigenvalue weighted by Crippen LogP contribution is -1.91. The molecule has 0 fully saturated rings. The standard InChI is InChI=1S/C9H7N.C4H4O4/c1-2-6-9-8(4-1)5-3-7-10-9;5-3(6)1-2-4(7)8/h1-7H;1-2H,(H,5,6)(H,7,8). The highest BCUT2D eigenvalue weighted by molar-refractivity contribution is 5.89. The van der Waals surface area contributed by atoms with E-state index in [9.17, 15) is 9.59 Å². The molecule has 1 aromatic heterocycles. The van der Waals surface area contributed by atoms with E-state index in [1.54, 1.807) is 0 Å². The second kappa shape index (κ2) is 6.80. The minimum absolute atomic E-state index is 0.558. The predicted octanol–water partition coefficient (Wildman–Crippen LogP) is 1.95. The van der Waals surface area contributed by atoms with Crippen molar-refractivity contribution in [2.45, 2.75) is 0 Å². The number of carboxylic acids is 2. The van der Waals surface area contributed by atoms with Crippen molar-refractivity contribution in [3.8, 4) is 0 Å². The van der Waals surface area contributed by atoms with Crippen LogP contribution in [0.2, 0.25) is 0 Å². The smallest absolute Gasteiger partial charge is 0.328 e. The Morgan fingerprint density at radius 1 is 0.944 bits per heavy atom. The summed E-state index contributed by atoms with van der Waals surface area (Å²) in [5.74, 6) is -2.51. The first-order valence-corrected chi connectivity index (χ1v) is 5.03. The van der Waals surface area contributed by atoms with Gasteiger partial charge in [-0.25, -0.2) is 9.59 Å². The summed E-state index contributed by atoms with van der Waals surface area (Å²) in [4.78, 5) is 23.3. The van der Waals surface area contributed by atoms with E-state index in [0.29, 0.717) is 12.2 Å². The van der Waals surface area contributed by atoms with Gasteiger partial charge in [-0.3, -0.25) is 4.98 Å². The van der Waals surface area contributed by atoms with Crippen LogP contribution in [-0.4, -0.2) is 27.1 Å². The van der Waals surface area contributed by atoms with Gasteiger partial charge in [0.05, 0.1) is 5.52 Å². The fourth-order valence-electron chi connectivity index (χ4n) is 1.16. The Morgan fingerprint density at radius 2 is 1.50 bits per heavy atom. The molecule has 18 heavy (non-hydrogen) atoms. The van der Waals surface area contributed by atoms with Crippen molar-refractivity contribution in [1.29, 1.82) is 0 Å². The number of carbonyl (C=O) groups is 2. The van der Waals surface area contributed by atoms with E-state index in [2.05, 4.69) is 17.1 Å². The molecule has 2 N–H and O–H groups in total. The van der Waals surface area contributed by atoms with Crippen molar-refractivity contribution in [2.24, 2.45) is 0 Å². The number of fused-ring (bicyclic) bond motifs is 1. The molecule has 0 aliphatic carbocycles. The summed E-state index contributed by atoms with van der Waals surface area (Å²) in [5.41, 5.74) is 1.06. The highest BCUT2D eigenvalue weighted by atomic mass is 16.4. The third-order valence-corrected chi connectivity index (χ3v) is 1.88. The number of aliphatic carboxylic acids is 2. The van der Waals surface area contributed by atoms with Crippen LogP contribution < -0.4 is 0 Å². The van der Waals surface area contributed by atoms with E-state index in [-0.39, 0.29) is 0 Å². The molecule has 0 aliphatic heterocycles. The number of carboxylic acid groups (broad SMARTS) is 2. The maximum Gasteiger partial charge on any atom is 0.328 e. The van der Waals surface area contributed by atoms with Crippen molar-refractivity contribution in [2.75, 3.05) is 0 Å². The first-order chi connectivity index (χ1) is 8.59. The fourth-order valence-corrected chi connectivity index (χ4v) is 1.16. The lowest BCUT2D eigenvalue weighted by atomic mass is 10.2. The molecule has 0 aliphatic rings. The minimum atomic E-state index is -1.26. The maximum absolute atomic E-state index is 9.55. The second-order valence-corrected chi connectivity index (χ2v) is 3.21. The Hall–Kier alpha value is -2.69. The zero-order chi connectivity index (χ0) is 13.4. The zero-order valence-electron chi connectivity index (χ0n) is 9.35. The first-order valence-electron chi connectivity index (χ1n) is 5.03. The Bertz CT molecular complexity index is 496. The third kappa shape index (κ3) is 4.89. The Balaban J connectivity index is 0.000000187. The average molecular weight is 245 g/mol. The molecule has 5 heteroatoms. The van der Waals surface area contributed by atoms with Crippen molar-refractivity contribution in [1.82, 2.24) is 4.98 Å². The maximum atomic E-state index is 9.55. The van der Waals surface area contributed by atoms with Crippen LogP contribution in [0, 0.1) is 0 Å². The van der Waals surface area contributed by atoms with Crippen LogP contribution in [0.25, 0.3) is 10.9 Å². The number of pyridine rings is 1. The van der Waals surface area contributed by atoms with Crippen molar-refractivity contribution >= 4 is 22.8 Å². The lowest BCUT2D eigenvalue weighted by molar-refractivity contribution is -0.134. The molecule has 1 heterocycles. The van der Waals surface area contributed by atoms with Crippen LogP contribution in [0.1, 0.15) is 0 Å². The van der Waals surface area contributed by atoms with Gasteiger partial charge in [-0.1, -0.05) is 24.3 Å². The summed E-state index contributed by atoms with van der Waals surface area (Å²) in [6.45, 7) is 0. The number of hydrogen-bond donors (Lipinski definition) is 2. The van der Waals surface area contributed by atoms with Gasteiger partial charge in [0.1, 0.15) is 0 Å². The summed E-state index contributed by atoms with van der Waals surface area (Å²) in [6, 6.07) is 12.1. The molecule has 0 spiro atoms. The third-order valence-electron chi connectivity index (χ3n) is 1.88. The highest BCUT2D eigenvalue weighted by Crippen LogP contribution is 2.07. The molecular weight excluding hydrogens is 234 g/mol. The van der Waals surface area contributed by atoms with Crippen LogP contribution in [-0.2, 0) is 9.59 Å². The van der Waals surface area contributed by atoms with Gasteiger partial charge in [0, 0.05) is 23.7 Å². The molecule has 2 aromatic rings. The summed E-state index contributed by atoms with van der Waals surface area (Å²) in [7, 11) is 0. The van der Waals surface area contributed by atoms with Crippen molar-refractivity contribution < 1.29 is 19.8 Å². The Labute approximate surface area is 103 Å². The van der Waals surface area contributed by atoms with Crippen LogP contribution >= 0.6 is 0 Å². The number of rotatable bonds is 2. The molecule has 92 valence electrons. The summed E-state index contributed by atoms with van der Waals surface area (Å²) in [6.07, 6.45) is 2.92. The van der Waals surface area contributed by atoms with Gasteiger partial charge in [-0.2, -0.15) is 0 Å². The molecule has 1 aromatic carbocycles. The zero-order valence-corrected chi connectivity index (χ0v) is 9.35. The predicted molar refractivity (Wildman–Crippen MR) is 66.2 cm³/mol. The Morgan fingerprint density at radius 3 is 2.06 bits per heavy atom. The van der Waals surface area contributed by atoms with E-state index in [1.807, 2.05) is 30.5 Å². The van der Waals surface area contributed by atoms with E-state index in [1.165, 1.54) is 5.39 Å². The van der Waals surface area contributed by atoms with Gasteiger partial charge < -0.3 is 10.2 Å². The molecule has 0 saturated heterocycles. The normalized spacial score (nSPS) is 9.78. The fraction of sp³-hybridized carbons (Fsp3) is 0. The molecular formula is C13H11NO4. The van der Waals surface area contributed by atoms with Crippen LogP contribution in [0.4, 0.5) is 0 Å². The topological polar surface area (TPSA) is 87.5 Å². The highest BCUT2D eigenvalue weighted by Gasteiger charge is 1.88. The molecule has 0 bridgehead atoms. The monoisotopic (exact) mass is 245 g/mol. The van der Waals surface area contributed by atoms with Gasteiger partial charge in [0.15, 0.2) is 0 Å². The van der Waals surface area contributed by atoms with Crippen LogP contribution in [0.5, 0.6) is 0 Å². The largest absolute Gasteiger partial charge is 0.478 e. The van der Waals surface area contributed by atoms with E-state index in [4.69, 9.17) is 10.2 Å². The molecule has 0 atom stereocenters. The lowest BCUT2D eigenvalue weighted by Gasteiger charge is -1.91. The minimum Gasteiger partial charge on any atom is -0.478 e. The first kappa shape index (κ1) is 13.4. The van der Waals surface area contributed by atoms with Crippen LogP contribution in [0.3, 0.4) is 0 Å². The number of aromatic nitrogens is 1. The van der Waals surface area contributed by atoms with Crippen LogP contribution in [0.15, 0.2) is 54.7 Å². The number of nitrogens with zero attached hydrogens (tertiary/aromatic N) is 1. The summed E-state index contributed by atoms with van der Waals surface area (Å²) >= 11 is 0. The molecule has 2 rings (SSSR count).